The van der Waals surface area contributed by atoms with Crippen LogP contribution in [-0.2, 0) is 0 Å². The number of hydrogen-bond donors (Lipinski definition) is 2. The first kappa shape index (κ1) is 12.0. The lowest BCUT2D eigenvalue weighted by atomic mass is 10.1. The maximum absolute atomic E-state index is 12.2. The van der Waals surface area contributed by atoms with Crippen LogP contribution in [0, 0.1) is 0 Å². The van der Waals surface area contributed by atoms with Gasteiger partial charge in [-0.3, -0.25) is 4.79 Å². The summed E-state index contributed by atoms with van der Waals surface area (Å²) in [6.45, 7) is -0.0277. The molecule has 1 aromatic heterocycles. The van der Waals surface area contributed by atoms with E-state index in [1.807, 2.05) is 30.3 Å². The molecule has 1 heterocycles. The van der Waals surface area contributed by atoms with Crippen LogP contribution in [0.25, 0.3) is 11.1 Å². The second-order valence-electron chi connectivity index (χ2n) is 4.92. The van der Waals surface area contributed by atoms with Crippen molar-refractivity contribution in [3.8, 4) is 11.1 Å². The molecule has 0 aliphatic heterocycles. The average molecular weight is 257 g/mol. The molecule has 0 unspecified atom stereocenters. The Bertz CT molecular complexity index is 584. The zero-order valence-electron chi connectivity index (χ0n) is 10.4. The van der Waals surface area contributed by atoms with E-state index < -0.39 is 5.54 Å². The van der Waals surface area contributed by atoms with Gasteiger partial charge in [0.2, 0.25) is 0 Å². The molecule has 0 atom stereocenters. The monoisotopic (exact) mass is 257 g/mol. The minimum Gasteiger partial charge on any atom is -0.459 e. The SMILES string of the molecule is O=C(NC1(CO)CC1)c1occc1-c1ccccc1. The molecule has 1 aliphatic rings. The molecule has 1 aromatic carbocycles. The van der Waals surface area contributed by atoms with Crippen molar-refractivity contribution in [2.75, 3.05) is 6.61 Å². The quantitative estimate of drug-likeness (QED) is 0.882. The molecule has 1 aliphatic carbocycles. The summed E-state index contributed by atoms with van der Waals surface area (Å²) in [6.07, 6.45) is 3.14. The average Bonchev–Trinajstić information content (AvgIpc) is 3.04. The molecule has 0 saturated heterocycles. The Morgan fingerprint density at radius 2 is 2.00 bits per heavy atom. The Labute approximate surface area is 111 Å². The Hall–Kier alpha value is -2.07. The number of hydrogen-bond acceptors (Lipinski definition) is 3. The van der Waals surface area contributed by atoms with Crippen LogP contribution in [0.4, 0.5) is 0 Å². The fraction of sp³-hybridized carbons (Fsp3) is 0.267. The maximum Gasteiger partial charge on any atom is 0.288 e. The van der Waals surface area contributed by atoms with Gasteiger partial charge in [-0.1, -0.05) is 30.3 Å². The zero-order valence-corrected chi connectivity index (χ0v) is 10.4. The van der Waals surface area contributed by atoms with E-state index in [9.17, 15) is 9.90 Å². The molecular formula is C15H15NO3. The molecule has 98 valence electrons. The van der Waals surface area contributed by atoms with E-state index in [1.165, 1.54) is 6.26 Å². The largest absolute Gasteiger partial charge is 0.459 e. The van der Waals surface area contributed by atoms with Gasteiger partial charge in [-0.2, -0.15) is 0 Å². The molecule has 1 saturated carbocycles. The van der Waals surface area contributed by atoms with Crippen LogP contribution >= 0.6 is 0 Å². The highest BCUT2D eigenvalue weighted by atomic mass is 16.3. The molecule has 0 radical (unpaired) electrons. The number of aliphatic hydroxyl groups excluding tert-OH is 1. The van der Waals surface area contributed by atoms with Crippen molar-refractivity contribution in [2.24, 2.45) is 0 Å². The molecule has 1 amide bonds. The van der Waals surface area contributed by atoms with Crippen molar-refractivity contribution in [2.45, 2.75) is 18.4 Å². The molecule has 4 heteroatoms. The molecule has 0 spiro atoms. The lowest BCUT2D eigenvalue weighted by Gasteiger charge is -2.13. The molecule has 2 aromatic rings. The topological polar surface area (TPSA) is 62.5 Å². The summed E-state index contributed by atoms with van der Waals surface area (Å²) >= 11 is 0. The van der Waals surface area contributed by atoms with Gasteiger partial charge in [0.1, 0.15) is 0 Å². The molecule has 1 fully saturated rings. The van der Waals surface area contributed by atoms with E-state index in [1.54, 1.807) is 6.07 Å². The van der Waals surface area contributed by atoms with E-state index in [-0.39, 0.29) is 12.5 Å². The summed E-state index contributed by atoms with van der Waals surface area (Å²) < 4.78 is 5.31. The van der Waals surface area contributed by atoms with Gasteiger partial charge in [0, 0.05) is 5.56 Å². The number of rotatable bonds is 4. The van der Waals surface area contributed by atoms with Crippen molar-refractivity contribution in [1.82, 2.24) is 5.32 Å². The van der Waals surface area contributed by atoms with Crippen LogP contribution in [0.3, 0.4) is 0 Å². The summed E-state index contributed by atoms with van der Waals surface area (Å²) in [5.41, 5.74) is 1.28. The summed E-state index contributed by atoms with van der Waals surface area (Å²) in [7, 11) is 0. The summed E-state index contributed by atoms with van der Waals surface area (Å²) in [6, 6.07) is 11.4. The number of aliphatic hydroxyl groups is 1. The predicted molar refractivity (Wildman–Crippen MR) is 70.7 cm³/mol. The first-order valence-corrected chi connectivity index (χ1v) is 6.30. The second kappa shape index (κ2) is 4.55. The Morgan fingerprint density at radius 3 is 2.63 bits per heavy atom. The third kappa shape index (κ3) is 2.27. The molecule has 4 nitrogen and oxygen atoms in total. The first-order chi connectivity index (χ1) is 9.24. The summed E-state index contributed by atoms with van der Waals surface area (Å²) in [5.74, 6) is 0.0290. The van der Waals surface area contributed by atoms with Gasteiger partial charge in [0.25, 0.3) is 5.91 Å². The molecular weight excluding hydrogens is 242 g/mol. The highest BCUT2D eigenvalue weighted by Gasteiger charge is 2.44. The van der Waals surface area contributed by atoms with Crippen LogP contribution < -0.4 is 5.32 Å². The second-order valence-corrected chi connectivity index (χ2v) is 4.92. The normalized spacial score (nSPS) is 16.1. The minimum atomic E-state index is -0.433. The number of nitrogens with one attached hydrogen (secondary N) is 1. The third-order valence-electron chi connectivity index (χ3n) is 3.49. The highest BCUT2D eigenvalue weighted by molar-refractivity contribution is 5.98. The van der Waals surface area contributed by atoms with Gasteiger partial charge < -0.3 is 14.8 Å². The zero-order chi connectivity index (χ0) is 13.3. The van der Waals surface area contributed by atoms with Gasteiger partial charge in [-0.05, 0) is 24.5 Å². The highest BCUT2D eigenvalue weighted by Crippen LogP contribution is 2.35. The van der Waals surface area contributed by atoms with E-state index in [0.29, 0.717) is 5.76 Å². The van der Waals surface area contributed by atoms with Crippen LogP contribution in [-0.4, -0.2) is 23.2 Å². The number of amides is 1. The van der Waals surface area contributed by atoms with Gasteiger partial charge >= 0.3 is 0 Å². The van der Waals surface area contributed by atoms with Gasteiger partial charge in [-0.15, -0.1) is 0 Å². The predicted octanol–water partition coefficient (Wildman–Crippen LogP) is 2.20. The van der Waals surface area contributed by atoms with E-state index in [4.69, 9.17) is 4.42 Å². The van der Waals surface area contributed by atoms with Gasteiger partial charge in [0.15, 0.2) is 5.76 Å². The molecule has 2 N–H and O–H groups in total. The molecule has 19 heavy (non-hydrogen) atoms. The number of carbonyl (C=O) groups excluding carboxylic acids is 1. The van der Waals surface area contributed by atoms with Crippen LogP contribution in [0.5, 0.6) is 0 Å². The smallest absolute Gasteiger partial charge is 0.288 e. The van der Waals surface area contributed by atoms with Crippen molar-refractivity contribution in [3.05, 3.63) is 48.4 Å². The third-order valence-corrected chi connectivity index (χ3v) is 3.49. The van der Waals surface area contributed by atoms with E-state index in [0.717, 1.165) is 24.0 Å². The number of benzene rings is 1. The van der Waals surface area contributed by atoms with Gasteiger partial charge in [0.05, 0.1) is 18.4 Å². The first-order valence-electron chi connectivity index (χ1n) is 6.30. The minimum absolute atomic E-state index is 0.0277. The Morgan fingerprint density at radius 1 is 1.26 bits per heavy atom. The van der Waals surface area contributed by atoms with Gasteiger partial charge in [-0.25, -0.2) is 0 Å². The summed E-state index contributed by atoms with van der Waals surface area (Å²) in [5, 5.41) is 12.1. The van der Waals surface area contributed by atoms with Crippen molar-refractivity contribution in [1.29, 1.82) is 0 Å². The Kier molecular flexibility index (Phi) is 2.87. The van der Waals surface area contributed by atoms with Crippen LogP contribution in [0.15, 0.2) is 47.1 Å². The Balaban J connectivity index is 1.86. The van der Waals surface area contributed by atoms with Crippen LogP contribution in [0.2, 0.25) is 0 Å². The lowest BCUT2D eigenvalue weighted by molar-refractivity contribution is 0.0879. The fourth-order valence-corrected chi connectivity index (χ4v) is 2.10. The maximum atomic E-state index is 12.2. The molecule has 3 rings (SSSR count). The van der Waals surface area contributed by atoms with E-state index in [2.05, 4.69) is 5.32 Å². The number of furan rings is 1. The fourth-order valence-electron chi connectivity index (χ4n) is 2.10. The summed E-state index contributed by atoms with van der Waals surface area (Å²) in [4.78, 5) is 12.2. The van der Waals surface area contributed by atoms with E-state index >= 15 is 0 Å². The van der Waals surface area contributed by atoms with Crippen LogP contribution in [0.1, 0.15) is 23.4 Å². The van der Waals surface area contributed by atoms with Crippen molar-refractivity contribution in [3.63, 3.8) is 0 Å². The van der Waals surface area contributed by atoms with Crippen molar-refractivity contribution >= 4 is 5.91 Å². The standard InChI is InChI=1S/C15H15NO3/c17-10-15(7-8-15)16-14(18)13-12(6-9-19-13)11-4-2-1-3-5-11/h1-6,9,17H,7-8,10H2,(H,16,18). The number of carbonyl (C=O) groups is 1. The van der Waals surface area contributed by atoms with Crippen molar-refractivity contribution < 1.29 is 14.3 Å². The lowest BCUT2D eigenvalue weighted by Crippen LogP contribution is -2.39. The molecule has 0 bridgehead atoms.